The topological polar surface area (TPSA) is 80.5 Å². The number of nitrogen functional groups attached to an aromatic ring is 1. The van der Waals surface area contributed by atoms with Crippen molar-refractivity contribution in [2.75, 3.05) is 23.8 Å². The summed E-state index contributed by atoms with van der Waals surface area (Å²) in [7, 11) is 0. The number of carbonyl (C=O) groups is 1. The van der Waals surface area contributed by atoms with Crippen molar-refractivity contribution in [3.8, 4) is 5.75 Å². The lowest BCUT2D eigenvalue weighted by molar-refractivity contribution is 0.0920. The summed E-state index contributed by atoms with van der Waals surface area (Å²) in [4.78, 5) is 21.5. The summed E-state index contributed by atoms with van der Waals surface area (Å²) >= 11 is 1.35. The summed E-state index contributed by atoms with van der Waals surface area (Å²) in [6.07, 6.45) is 7.47. The molecule has 1 saturated heterocycles. The van der Waals surface area contributed by atoms with Crippen LogP contribution >= 0.6 is 11.3 Å². The van der Waals surface area contributed by atoms with Crippen LogP contribution in [-0.2, 0) is 6.42 Å². The fourth-order valence-corrected chi connectivity index (χ4v) is 6.96. The largest absolute Gasteiger partial charge is 0.491 e. The molecule has 2 aliphatic heterocycles. The summed E-state index contributed by atoms with van der Waals surface area (Å²) in [5.74, 6) is 1.66. The van der Waals surface area contributed by atoms with Gasteiger partial charge in [-0.15, -0.1) is 11.3 Å². The quantitative estimate of drug-likeness (QED) is 0.590. The predicted molar refractivity (Wildman–Crippen MR) is 133 cm³/mol. The maximum absolute atomic E-state index is 13.0. The Balaban J connectivity index is 1.16. The van der Waals surface area contributed by atoms with E-state index in [4.69, 9.17) is 10.5 Å². The van der Waals surface area contributed by atoms with Gasteiger partial charge in [-0.25, -0.2) is 4.98 Å². The molecule has 2 aromatic heterocycles. The van der Waals surface area contributed by atoms with Gasteiger partial charge in [-0.3, -0.25) is 4.79 Å². The van der Waals surface area contributed by atoms with Gasteiger partial charge >= 0.3 is 0 Å². The number of thiophene rings is 1. The van der Waals surface area contributed by atoms with Crippen LogP contribution < -0.4 is 20.7 Å². The Morgan fingerprint density at radius 2 is 2.09 bits per heavy atom. The van der Waals surface area contributed by atoms with Gasteiger partial charge in [0.25, 0.3) is 5.91 Å². The van der Waals surface area contributed by atoms with E-state index in [1.54, 1.807) is 0 Å². The molecule has 3 N–H and O–H groups in total. The van der Waals surface area contributed by atoms with Crippen molar-refractivity contribution >= 4 is 38.8 Å². The minimum Gasteiger partial charge on any atom is -0.491 e. The average molecular weight is 463 g/mol. The Morgan fingerprint density at radius 1 is 1.21 bits per heavy atom. The molecule has 6 nitrogen and oxygen atoms in total. The molecule has 1 aliphatic carbocycles. The number of hydrogen-bond donors (Lipinski definition) is 2. The van der Waals surface area contributed by atoms with Gasteiger partial charge in [-0.1, -0.05) is 12.5 Å². The van der Waals surface area contributed by atoms with Crippen LogP contribution in [0.25, 0.3) is 10.2 Å². The van der Waals surface area contributed by atoms with E-state index in [1.165, 1.54) is 49.1 Å². The summed E-state index contributed by atoms with van der Waals surface area (Å²) in [6.45, 7) is 3.55. The van der Waals surface area contributed by atoms with Crippen LogP contribution in [0.4, 0.5) is 11.4 Å². The SMILES string of the molecule is Cc1ccc2c(N)c(C(=O)N[C@H]3COc4cc(N5CCC[C@H]6CCC[C@H]65)ccc4C3)sc2n1. The molecule has 7 heteroatoms. The molecular weight excluding hydrogens is 432 g/mol. The highest BCUT2D eigenvalue weighted by Crippen LogP contribution is 2.41. The number of amides is 1. The minimum absolute atomic E-state index is 0.0793. The van der Waals surface area contributed by atoms with Gasteiger partial charge in [0, 0.05) is 35.4 Å². The van der Waals surface area contributed by atoms with Gasteiger partial charge in [-0.2, -0.15) is 0 Å². The molecule has 1 saturated carbocycles. The maximum atomic E-state index is 13.0. The monoisotopic (exact) mass is 462 g/mol. The van der Waals surface area contributed by atoms with Crippen molar-refractivity contribution in [2.45, 2.75) is 57.5 Å². The van der Waals surface area contributed by atoms with Gasteiger partial charge < -0.3 is 20.7 Å². The molecule has 0 bridgehead atoms. The molecule has 172 valence electrons. The zero-order valence-electron chi connectivity index (χ0n) is 19.0. The number of nitrogens with one attached hydrogen (secondary N) is 1. The number of carbonyl (C=O) groups excluding carboxylic acids is 1. The molecule has 6 rings (SSSR count). The van der Waals surface area contributed by atoms with E-state index in [0.717, 1.165) is 46.1 Å². The molecule has 1 aromatic carbocycles. The number of hydrogen-bond acceptors (Lipinski definition) is 6. The summed E-state index contributed by atoms with van der Waals surface area (Å²) < 4.78 is 6.14. The van der Waals surface area contributed by atoms with E-state index >= 15 is 0 Å². The normalized spacial score (nSPS) is 24.3. The molecule has 0 unspecified atom stereocenters. The first-order valence-corrected chi connectivity index (χ1v) is 12.9. The standard InChI is InChI=1S/C26H30N4O2S/c1-15-7-10-20-23(27)24(33-26(20)28-15)25(31)29-18-12-17-8-9-19(13-22(17)32-14-18)30-11-3-5-16-4-2-6-21(16)30/h7-10,13,16,18,21H,2-6,11-12,14,27H2,1H3,(H,29,31)/t16-,18-,21-/m1/s1. The molecule has 3 aliphatic rings. The van der Waals surface area contributed by atoms with Gasteiger partial charge in [0.15, 0.2) is 0 Å². The summed E-state index contributed by atoms with van der Waals surface area (Å²) in [5, 5.41) is 3.97. The molecule has 4 heterocycles. The first-order valence-electron chi connectivity index (χ1n) is 12.1. The Bertz CT molecular complexity index is 1220. The molecule has 1 amide bonds. The number of piperidine rings is 1. The van der Waals surface area contributed by atoms with E-state index in [9.17, 15) is 4.79 Å². The van der Waals surface area contributed by atoms with Gasteiger partial charge in [0.05, 0.1) is 11.7 Å². The van der Waals surface area contributed by atoms with E-state index in [-0.39, 0.29) is 11.9 Å². The summed E-state index contributed by atoms with van der Waals surface area (Å²) in [6, 6.07) is 11.1. The van der Waals surface area contributed by atoms with Crippen LogP contribution in [-0.4, -0.2) is 36.1 Å². The van der Waals surface area contributed by atoms with E-state index < -0.39 is 0 Å². The number of pyridine rings is 1. The maximum Gasteiger partial charge on any atom is 0.263 e. The Labute approximate surface area is 198 Å². The fraction of sp³-hybridized carbons (Fsp3) is 0.462. The van der Waals surface area contributed by atoms with Crippen molar-refractivity contribution in [2.24, 2.45) is 5.92 Å². The highest BCUT2D eigenvalue weighted by atomic mass is 32.1. The molecular formula is C26H30N4O2S. The second kappa shape index (κ2) is 8.20. The van der Waals surface area contributed by atoms with Crippen molar-refractivity contribution in [3.05, 3.63) is 46.5 Å². The number of rotatable bonds is 3. The smallest absolute Gasteiger partial charge is 0.263 e. The van der Waals surface area contributed by atoms with Gasteiger partial charge in [0.2, 0.25) is 0 Å². The fourth-order valence-electron chi connectivity index (χ4n) is 5.92. The molecule has 0 radical (unpaired) electrons. The predicted octanol–water partition coefficient (Wildman–Crippen LogP) is 4.69. The van der Waals surface area contributed by atoms with Crippen LogP contribution in [0.5, 0.6) is 5.75 Å². The first-order chi connectivity index (χ1) is 16.1. The highest BCUT2D eigenvalue weighted by molar-refractivity contribution is 7.21. The van der Waals surface area contributed by atoms with E-state index in [0.29, 0.717) is 23.2 Å². The average Bonchev–Trinajstić information content (AvgIpc) is 3.43. The molecule has 0 spiro atoms. The highest BCUT2D eigenvalue weighted by Gasteiger charge is 2.35. The van der Waals surface area contributed by atoms with Crippen LogP contribution in [0.15, 0.2) is 30.3 Å². The van der Waals surface area contributed by atoms with Crippen LogP contribution in [0, 0.1) is 12.8 Å². The van der Waals surface area contributed by atoms with Gasteiger partial charge in [0.1, 0.15) is 22.1 Å². The van der Waals surface area contributed by atoms with Crippen molar-refractivity contribution in [1.82, 2.24) is 10.3 Å². The third-order valence-corrected chi connectivity index (χ3v) is 8.67. The molecule has 3 aromatic rings. The number of anilines is 2. The zero-order valence-corrected chi connectivity index (χ0v) is 19.8. The number of ether oxygens (including phenoxy) is 1. The Morgan fingerprint density at radius 3 is 3.00 bits per heavy atom. The number of nitrogens with zero attached hydrogens (tertiary/aromatic N) is 2. The minimum atomic E-state index is -0.151. The lowest BCUT2D eigenvalue weighted by atomic mass is 9.91. The number of aryl methyl sites for hydroxylation is 1. The number of aromatic nitrogens is 1. The Kier molecular flexibility index (Phi) is 5.17. The zero-order chi connectivity index (χ0) is 22.5. The Hall–Kier alpha value is -2.80. The number of benzene rings is 1. The molecule has 2 fully saturated rings. The van der Waals surface area contributed by atoms with Crippen LogP contribution in [0.3, 0.4) is 0 Å². The van der Waals surface area contributed by atoms with E-state index in [2.05, 4.69) is 33.4 Å². The molecule has 33 heavy (non-hydrogen) atoms. The van der Waals surface area contributed by atoms with Crippen LogP contribution in [0.1, 0.15) is 53.0 Å². The number of fused-ring (bicyclic) bond motifs is 3. The second-order valence-electron chi connectivity index (χ2n) is 9.72. The lowest BCUT2D eigenvalue weighted by Gasteiger charge is -2.40. The lowest BCUT2D eigenvalue weighted by Crippen LogP contribution is -2.43. The first kappa shape index (κ1) is 20.8. The van der Waals surface area contributed by atoms with Crippen molar-refractivity contribution < 1.29 is 9.53 Å². The van der Waals surface area contributed by atoms with E-state index in [1.807, 2.05) is 19.1 Å². The third-order valence-electron chi connectivity index (χ3n) is 7.56. The van der Waals surface area contributed by atoms with Crippen LogP contribution in [0.2, 0.25) is 0 Å². The summed E-state index contributed by atoms with van der Waals surface area (Å²) in [5.41, 5.74) is 10.1. The third kappa shape index (κ3) is 3.72. The molecule has 3 atom stereocenters. The van der Waals surface area contributed by atoms with Gasteiger partial charge in [-0.05, 0) is 68.7 Å². The second-order valence-corrected chi connectivity index (χ2v) is 10.7. The van der Waals surface area contributed by atoms with Crippen molar-refractivity contribution in [3.63, 3.8) is 0 Å². The van der Waals surface area contributed by atoms with Crippen molar-refractivity contribution in [1.29, 1.82) is 0 Å². The number of nitrogens with two attached hydrogens (primary N) is 1.